The van der Waals surface area contributed by atoms with Crippen molar-refractivity contribution in [2.75, 3.05) is 18.8 Å². The molecule has 4 aromatic rings. The van der Waals surface area contributed by atoms with E-state index in [-0.39, 0.29) is 19.5 Å². The van der Waals surface area contributed by atoms with Gasteiger partial charge in [-0.15, -0.1) is 24.5 Å². The van der Waals surface area contributed by atoms with Gasteiger partial charge in [0, 0.05) is 36.4 Å². The first-order valence-corrected chi connectivity index (χ1v) is 18.7. The second-order valence-electron chi connectivity index (χ2n) is 13.7. The molecule has 9 heteroatoms. The van der Waals surface area contributed by atoms with E-state index in [4.69, 9.17) is 16.9 Å². The molecule has 0 aliphatic heterocycles. The van der Waals surface area contributed by atoms with Gasteiger partial charge in [0.2, 0.25) is 0 Å². The Kier molecular flexibility index (Phi) is 20.1. The van der Waals surface area contributed by atoms with Crippen molar-refractivity contribution < 1.29 is 19.5 Å². The molecule has 8 nitrogen and oxygen atoms in total. The number of aliphatic imine (C=N–C) groups is 1. The number of anilines is 1. The third-order valence-electron chi connectivity index (χ3n) is 9.99. The van der Waals surface area contributed by atoms with Crippen LogP contribution in [0, 0.1) is 34.6 Å². The minimum Gasteiger partial charge on any atom is -0.810 e. The topological polar surface area (TPSA) is 138 Å². The maximum Gasteiger partial charge on any atom is 4.00 e. The minimum atomic E-state index is 0. The van der Waals surface area contributed by atoms with Crippen LogP contribution in [0.4, 0.5) is 22.7 Å². The van der Waals surface area contributed by atoms with Crippen LogP contribution in [0.3, 0.4) is 0 Å². The Hall–Kier alpha value is -5.66. The molecule has 0 atom stereocenters. The summed E-state index contributed by atoms with van der Waals surface area (Å²) in [5.41, 5.74) is 31.3. The monoisotopic (exact) mass is 846 g/mol. The molecule has 3 N–H and O–H groups in total. The molecule has 0 amide bonds. The molecule has 0 saturated heterocycles. The minimum absolute atomic E-state index is 0. The number of hydrogen-bond acceptors (Lipinski definition) is 4. The molecular formula is C48H56N8Ru. The van der Waals surface area contributed by atoms with E-state index in [9.17, 15) is 0 Å². The molecule has 0 saturated carbocycles. The number of para-hydroxylation sites is 4. The number of nitrogen functional groups attached to an aromatic ring is 1. The Morgan fingerprint density at radius 1 is 0.825 bits per heavy atom. The fourth-order valence-corrected chi connectivity index (χ4v) is 5.53. The summed E-state index contributed by atoms with van der Waals surface area (Å²) in [6.07, 6.45) is 13.3. The van der Waals surface area contributed by atoms with E-state index in [1.165, 1.54) is 50.7 Å². The third-order valence-corrected chi connectivity index (χ3v) is 9.99. The first-order chi connectivity index (χ1) is 26.8. The molecule has 2 heterocycles. The number of allylic oxidation sites excluding steroid dienone is 6. The molecule has 57 heavy (non-hydrogen) atoms. The van der Waals surface area contributed by atoms with Crippen LogP contribution in [0.5, 0.6) is 0 Å². The maximum atomic E-state index is 9.10. The molecule has 0 bridgehead atoms. The van der Waals surface area contributed by atoms with E-state index in [0.29, 0.717) is 18.8 Å². The van der Waals surface area contributed by atoms with Gasteiger partial charge in [0.25, 0.3) is 0 Å². The van der Waals surface area contributed by atoms with E-state index in [1.54, 1.807) is 6.20 Å². The molecule has 1 aliphatic carbocycles. The van der Waals surface area contributed by atoms with Crippen LogP contribution in [0.2, 0.25) is 0 Å². The van der Waals surface area contributed by atoms with E-state index < -0.39 is 0 Å². The van der Waals surface area contributed by atoms with Crippen LogP contribution in [-0.4, -0.2) is 36.0 Å². The summed E-state index contributed by atoms with van der Waals surface area (Å²) in [4.78, 5) is 12.8. The van der Waals surface area contributed by atoms with E-state index in [2.05, 4.69) is 98.1 Å². The molecule has 0 unspecified atom stereocenters. The molecule has 2 aromatic heterocycles. The number of aryl methyl sites for hydroxylation is 3. The number of fused-ring (bicyclic) bond motifs is 1. The van der Waals surface area contributed by atoms with E-state index >= 15 is 0 Å². The number of pyridine rings is 1. The van der Waals surface area contributed by atoms with Crippen LogP contribution in [0.15, 0.2) is 125 Å². The largest absolute Gasteiger partial charge is 4.00 e. The van der Waals surface area contributed by atoms with Crippen LogP contribution in [0.25, 0.3) is 33.4 Å². The van der Waals surface area contributed by atoms with Crippen molar-refractivity contribution in [2.45, 2.75) is 68.7 Å². The Balaban J connectivity index is 0.000000293. The number of hydrogen-bond donors (Lipinski definition) is 1. The second-order valence-corrected chi connectivity index (χ2v) is 13.7. The average molecular weight is 846 g/mol. The van der Waals surface area contributed by atoms with Crippen molar-refractivity contribution in [2.24, 2.45) is 4.99 Å². The fraction of sp³-hybridized carbons (Fsp3) is 0.250. The van der Waals surface area contributed by atoms with E-state index in [1.807, 2.05) is 87.8 Å². The summed E-state index contributed by atoms with van der Waals surface area (Å²) in [7, 11) is 0. The standard InChI is InChI=1S/C17H21N2.C16H19N2.C15H16N4.Ru/c1-12-6-7-17(16(5)13(2)10-18)8-9-19-11-14(3)15(12)4;1-10(8-17)12(3)14-5-6-15-13(4)11(2)9-18-16(15)7-14;1-17-14-8-4-5-9-15(14)19-11-10-18-13-7-3-2-6-12(13)16;/h6-11H,1-5H3;5-6,8-9,17H,7H2,1-4H3;2-9H,1,10-11,16H2;/q2*-1;-2;+4/b7-6?,9-8?,12-6?,14-11?,15-12?,15-14?,16-13-,17-7?,17-8?,19-9?,19-11?;10-8-,14-12-;;. The van der Waals surface area contributed by atoms with Gasteiger partial charge < -0.3 is 27.5 Å². The van der Waals surface area contributed by atoms with Gasteiger partial charge in [-0.05, 0) is 143 Å². The molecule has 296 valence electrons. The van der Waals surface area contributed by atoms with Gasteiger partial charge in [0.1, 0.15) is 0 Å². The smallest absolute Gasteiger partial charge is 0.810 e. The maximum absolute atomic E-state index is 9.10. The fourth-order valence-electron chi connectivity index (χ4n) is 5.53. The predicted molar refractivity (Wildman–Crippen MR) is 243 cm³/mol. The summed E-state index contributed by atoms with van der Waals surface area (Å²) in [5, 5.41) is 18.0. The molecule has 5 rings (SSSR count). The third kappa shape index (κ3) is 14.1. The molecule has 2 aromatic carbocycles. The number of nitrogens with zero attached hydrogens (tertiary/aromatic N) is 6. The van der Waals surface area contributed by atoms with Gasteiger partial charge in [-0.2, -0.15) is 12.4 Å². The number of nitrogens with two attached hydrogens (primary N) is 1. The quantitative estimate of drug-likeness (QED) is 0.0776. The molecule has 0 spiro atoms. The van der Waals surface area contributed by atoms with Crippen molar-refractivity contribution in [3.63, 3.8) is 0 Å². The van der Waals surface area contributed by atoms with Gasteiger partial charge >= 0.3 is 19.5 Å². The molecule has 0 fully saturated rings. The van der Waals surface area contributed by atoms with Crippen LogP contribution in [-0.2, 0) is 25.9 Å². The SMILES string of the molecule is C/C(C=[N-])=C(\C)c1ccncc(C)c(C)c(C)cc1.C=Nc1ccccc1[N-]CC[N-]c1ccccc1N.CC(=C/[NH-])/C(C)=C1/C=Cc2c(ncc(C)c2C)C1.[Ru+4]. The van der Waals surface area contributed by atoms with Gasteiger partial charge in [0.15, 0.2) is 0 Å². The Bertz CT molecular complexity index is 2190. The predicted octanol–water partition coefficient (Wildman–Crippen LogP) is 13.4. The van der Waals surface area contributed by atoms with Crippen molar-refractivity contribution in [3.8, 4) is 0 Å². The summed E-state index contributed by atoms with van der Waals surface area (Å²) < 4.78 is 0. The number of benzene rings is 2. The number of nitrogens with one attached hydrogen (secondary N) is 1. The first kappa shape index (κ1) is 47.5. The molecular weight excluding hydrogens is 790 g/mol. The van der Waals surface area contributed by atoms with Gasteiger partial charge in [-0.1, -0.05) is 71.8 Å². The zero-order valence-corrected chi connectivity index (χ0v) is 36.6. The van der Waals surface area contributed by atoms with Crippen molar-refractivity contribution in [1.29, 1.82) is 0 Å². The Morgan fingerprint density at radius 2 is 1.46 bits per heavy atom. The number of rotatable bonds is 9. The van der Waals surface area contributed by atoms with E-state index in [0.717, 1.165) is 57.7 Å². The van der Waals surface area contributed by atoms with Crippen molar-refractivity contribution >= 4 is 47.3 Å². The summed E-state index contributed by atoms with van der Waals surface area (Å²) in [5.74, 6) is 0. The van der Waals surface area contributed by atoms with Gasteiger partial charge in [-0.3, -0.25) is 15.0 Å². The van der Waals surface area contributed by atoms with Crippen LogP contribution < -0.4 is 5.73 Å². The Labute approximate surface area is 354 Å². The summed E-state index contributed by atoms with van der Waals surface area (Å²) >= 11 is 0. The first-order valence-electron chi connectivity index (χ1n) is 18.7. The molecule has 0 radical (unpaired) electrons. The van der Waals surface area contributed by atoms with Gasteiger partial charge in [0.05, 0.1) is 5.69 Å². The van der Waals surface area contributed by atoms with Crippen LogP contribution >= 0.6 is 0 Å². The second kappa shape index (κ2) is 24.1. The Morgan fingerprint density at radius 3 is 2.11 bits per heavy atom. The number of aromatic nitrogens is 2. The zero-order valence-electron chi connectivity index (χ0n) is 34.8. The normalized spacial score (nSPS) is 12.7. The van der Waals surface area contributed by atoms with Crippen LogP contribution in [0.1, 0.15) is 72.3 Å². The summed E-state index contributed by atoms with van der Waals surface area (Å²) in [6.45, 7) is 23.2. The van der Waals surface area contributed by atoms with Crippen molar-refractivity contribution in [3.05, 3.63) is 186 Å². The average Bonchev–Trinajstić information content (AvgIpc) is 3.22. The molecule has 1 aliphatic rings. The summed E-state index contributed by atoms with van der Waals surface area (Å²) in [6, 6.07) is 21.3. The van der Waals surface area contributed by atoms with Crippen molar-refractivity contribution in [1.82, 2.24) is 9.97 Å². The zero-order chi connectivity index (χ0) is 41.2. The van der Waals surface area contributed by atoms with Gasteiger partial charge in [-0.25, -0.2) is 0 Å².